The molecule has 5 aromatic rings. The van der Waals surface area contributed by atoms with Gasteiger partial charge < -0.3 is 0 Å². The Labute approximate surface area is 152 Å². The van der Waals surface area contributed by atoms with Gasteiger partial charge in [0.05, 0.1) is 0 Å². The standard InChI is InChI=1S/C22H17N2Se/c1-14-6-3-4-8-16(14)20-22-18(11-13-24(20)2)17-10-9-15-7-5-12-23-19(15)21(17)25-22/h3-13H,1-2H3/q+1. The number of aryl methyl sites for hydroxylation is 2. The average Bonchev–Trinajstić information content (AvgIpc) is 3.01. The van der Waals surface area contributed by atoms with Crippen molar-refractivity contribution in [1.82, 2.24) is 4.98 Å². The van der Waals surface area contributed by atoms with Crippen LogP contribution in [0.5, 0.6) is 0 Å². The molecule has 0 atom stereocenters. The van der Waals surface area contributed by atoms with Crippen molar-refractivity contribution in [2.45, 2.75) is 6.92 Å². The van der Waals surface area contributed by atoms with Gasteiger partial charge >= 0.3 is 152 Å². The molecule has 0 radical (unpaired) electrons. The molecule has 3 aromatic heterocycles. The van der Waals surface area contributed by atoms with Crippen LogP contribution in [0.4, 0.5) is 0 Å². The summed E-state index contributed by atoms with van der Waals surface area (Å²) in [6.45, 7) is 2.20. The van der Waals surface area contributed by atoms with Crippen molar-refractivity contribution >= 4 is 44.7 Å². The van der Waals surface area contributed by atoms with E-state index in [0.29, 0.717) is 0 Å². The molecule has 2 nitrogen and oxygen atoms in total. The van der Waals surface area contributed by atoms with Crippen LogP contribution in [0.1, 0.15) is 5.56 Å². The SMILES string of the molecule is Cc1ccccc1-c1c2[se]c3c(ccc4cccnc43)c2cc[n+]1C. The minimum absolute atomic E-state index is 0.259. The molecule has 2 aromatic carbocycles. The van der Waals surface area contributed by atoms with E-state index in [1.165, 1.54) is 41.5 Å². The monoisotopic (exact) mass is 389 g/mol. The molecular weight excluding hydrogens is 371 g/mol. The number of rotatable bonds is 1. The molecule has 0 saturated heterocycles. The van der Waals surface area contributed by atoms with Crippen LogP contribution >= 0.6 is 0 Å². The van der Waals surface area contributed by atoms with Gasteiger partial charge in [-0.1, -0.05) is 0 Å². The summed E-state index contributed by atoms with van der Waals surface area (Å²) in [7, 11) is 2.15. The van der Waals surface area contributed by atoms with Crippen LogP contribution in [0.3, 0.4) is 0 Å². The summed E-state index contributed by atoms with van der Waals surface area (Å²) in [4.78, 5) is 4.69. The second-order valence-electron chi connectivity index (χ2n) is 6.45. The summed E-state index contributed by atoms with van der Waals surface area (Å²) < 4.78 is 5.16. The molecular formula is C22H17N2Se+. The van der Waals surface area contributed by atoms with Crippen molar-refractivity contribution < 1.29 is 4.57 Å². The summed E-state index contributed by atoms with van der Waals surface area (Å²) in [5, 5.41) is 3.97. The molecule has 0 aliphatic heterocycles. The average molecular weight is 388 g/mol. The Morgan fingerprint density at radius 1 is 0.880 bits per heavy atom. The van der Waals surface area contributed by atoms with Gasteiger partial charge in [-0.05, 0) is 0 Å². The molecule has 0 aliphatic rings. The van der Waals surface area contributed by atoms with Crippen LogP contribution in [-0.4, -0.2) is 19.5 Å². The third-order valence-electron chi connectivity index (χ3n) is 4.90. The van der Waals surface area contributed by atoms with E-state index in [0.717, 1.165) is 5.52 Å². The van der Waals surface area contributed by atoms with Gasteiger partial charge in [-0.15, -0.1) is 0 Å². The maximum atomic E-state index is 4.69. The van der Waals surface area contributed by atoms with Gasteiger partial charge in [0, 0.05) is 0 Å². The Morgan fingerprint density at radius 2 is 1.72 bits per heavy atom. The Bertz CT molecular complexity index is 1270. The van der Waals surface area contributed by atoms with Crippen molar-refractivity contribution in [3.8, 4) is 11.3 Å². The summed E-state index contributed by atoms with van der Waals surface area (Å²) in [6.07, 6.45) is 4.10. The number of nitrogens with zero attached hydrogens (tertiary/aromatic N) is 2. The van der Waals surface area contributed by atoms with Crippen LogP contribution in [0, 0.1) is 6.92 Å². The van der Waals surface area contributed by atoms with Crippen LogP contribution in [-0.2, 0) is 7.05 Å². The van der Waals surface area contributed by atoms with Gasteiger partial charge in [0.25, 0.3) is 0 Å². The third kappa shape index (κ3) is 2.17. The molecule has 0 N–H and O–H groups in total. The van der Waals surface area contributed by atoms with E-state index in [9.17, 15) is 0 Å². The van der Waals surface area contributed by atoms with Crippen LogP contribution in [0.15, 0.2) is 67.0 Å². The zero-order chi connectivity index (χ0) is 17.0. The second-order valence-corrected chi connectivity index (χ2v) is 8.59. The van der Waals surface area contributed by atoms with Gasteiger partial charge in [-0.25, -0.2) is 0 Å². The Morgan fingerprint density at radius 3 is 2.60 bits per heavy atom. The van der Waals surface area contributed by atoms with Crippen LogP contribution in [0.2, 0.25) is 0 Å². The van der Waals surface area contributed by atoms with E-state index in [1.807, 2.05) is 12.3 Å². The second kappa shape index (κ2) is 5.52. The minimum atomic E-state index is 0.259. The van der Waals surface area contributed by atoms with Gasteiger partial charge in [0.15, 0.2) is 0 Å². The van der Waals surface area contributed by atoms with Crippen molar-refractivity contribution in [2.24, 2.45) is 7.05 Å². The molecule has 0 saturated carbocycles. The Kier molecular flexibility index (Phi) is 3.27. The Balaban J connectivity index is 1.98. The van der Waals surface area contributed by atoms with Gasteiger partial charge in [0.1, 0.15) is 0 Å². The summed E-state index contributed by atoms with van der Waals surface area (Å²) >= 11 is 0.259. The fraction of sp³-hybridized carbons (Fsp3) is 0.0909. The van der Waals surface area contributed by atoms with Gasteiger partial charge in [0.2, 0.25) is 0 Å². The summed E-state index contributed by atoms with van der Waals surface area (Å²) in [5.74, 6) is 0. The first-order valence-electron chi connectivity index (χ1n) is 8.38. The maximum absolute atomic E-state index is 4.69. The molecule has 25 heavy (non-hydrogen) atoms. The van der Waals surface area contributed by atoms with Crippen molar-refractivity contribution in [2.75, 3.05) is 0 Å². The zero-order valence-electron chi connectivity index (χ0n) is 14.2. The Hall–Kier alpha value is -2.48. The molecule has 0 aliphatic carbocycles. The molecule has 0 unspecified atom stereocenters. The first kappa shape index (κ1) is 14.8. The molecule has 3 heteroatoms. The summed E-state index contributed by atoms with van der Waals surface area (Å²) in [5.41, 5.74) is 5.15. The van der Waals surface area contributed by atoms with Gasteiger partial charge in [-0.2, -0.15) is 0 Å². The van der Waals surface area contributed by atoms with E-state index in [2.05, 4.69) is 78.3 Å². The number of benzene rings is 2. The fourth-order valence-electron chi connectivity index (χ4n) is 3.63. The van der Waals surface area contributed by atoms with E-state index in [-0.39, 0.29) is 14.5 Å². The number of hydrogen-bond donors (Lipinski definition) is 0. The van der Waals surface area contributed by atoms with Gasteiger partial charge in [-0.3, -0.25) is 0 Å². The van der Waals surface area contributed by atoms with Crippen LogP contribution in [0.25, 0.3) is 41.5 Å². The van der Waals surface area contributed by atoms with E-state index < -0.39 is 0 Å². The van der Waals surface area contributed by atoms with Crippen LogP contribution < -0.4 is 4.57 Å². The quantitative estimate of drug-likeness (QED) is 0.307. The number of hydrogen-bond acceptors (Lipinski definition) is 1. The van der Waals surface area contributed by atoms with Crippen molar-refractivity contribution in [3.05, 3.63) is 72.6 Å². The predicted octanol–water partition coefficient (Wildman–Crippen LogP) is 4.40. The normalized spacial score (nSPS) is 11.6. The molecule has 5 rings (SSSR count). The van der Waals surface area contributed by atoms with Crippen molar-refractivity contribution in [1.29, 1.82) is 0 Å². The number of pyridine rings is 2. The predicted molar refractivity (Wildman–Crippen MR) is 105 cm³/mol. The third-order valence-corrected chi connectivity index (χ3v) is 7.49. The first-order valence-corrected chi connectivity index (χ1v) is 10.1. The molecule has 120 valence electrons. The number of aromatic nitrogens is 2. The van der Waals surface area contributed by atoms with E-state index in [1.54, 1.807) is 0 Å². The summed E-state index contributed by atoms with van der Waals surface area (Å²) in [6, 6.07) is 19.6. The topological polar surface area (TPSA) is 16.8 Å². The molecule has 0 bridgehead atoms. The fourth-order valence-corrected chi connectivity index (χ4v) is 6.56. The first-order chi connectivity index (χ1) is 12.2. The number of fused-ring (bicyclic) bond motifs is 5. The van der Waals surface area contributed by atoms with Crippen molar-refractivity contribution in [3.63, 3.8) is 0 Å². The van der Waals surface area contributed by atoms with E-state index >= 15 is 0 Å². The zero-order valence-corrected chi connectivity index (χ0v) is 15.9. The molecule has 3 heterocycles. The molecule has 0 amide bonds. The van der Waals surface area contributed by atoms with E-state index in [4.69, 9.17) is 0 Å². The molecule has 0 fully saturated rings. The molecule has 0 spiro atoms.